The third-order valence-electron chi connectivity index (χ3n) is 13.2. The third kappa shape index (κ3) is 20.6. The molecule has 0 aromatic carbocycles. The van der Waals surface area contributed by atoms with Crippen molar-refractivity contribution >= 4 is 91.2 Å². The van der Waals surface area contributed by atoms with E-state index in [1.54, 1.807) is 50.5 Å². The van der Waals surface area contributed by atoms with Crippen LogP contribution in [0.5, 0.6) is 0 Å². The summed E-state index contributed by atoms with van der Waals surface area (Å²) in [6.45, 7) is 10.8. The maximum atomic E-state index is 13.2. The third-order valence-corrected chi connectivity index (χ3v) is 13.2. The molecule has 8 heterocycles. The van der Waals surface area contributed by atoms with Crippen LogP contribution in [-0.2, 0) is 0 Å². The number of rotatable bonds is 25. The number of unbranched alkanes of at least 4 members (excludes halogenated alkanes) is 4. The van der Waals surface area contributed by atoms with Gasteiger partial charge in [0.2, 0.25) is 23.8 Å². The quantitative estimate of drug-likeness (QED) is 0.0239. The second-order valence-electron chi connectivity index (χ2n) is 20.1. The van der Waals surface area contributed by atoms with Crippen molar-refractivity contribution in [1.82, 2.24) is 59.8 Å². The summed E-state index contributed by atoms with van der Waals surface area (Å²) in [6.07, 6.45) is 6.16. The van der Waals surface area contributed by atoms with Crippen molar-refractivity contribution in [2.75, 3.05) is 50.9 Å². The molecule has 0 aliphatic carbocycles. The minimum Gasteiger partial charge on any atom is -0.391 e. The number of hydrogen-bond donors (Lipinski definition) is 12. The fraction of sp³-hybridized carbons (Fsp3) is 0.500. The Bertz CT molecular complexity index is 3310. The number of anilines is 8. The summed E-state index contributed by atoms with van der Waals surface area (Å²) >= 11 is 0. The molecule has 0 amide bonds. The SMILES string of the molecule is CCCC[C@@H](Nc1nc(N)nc2cc(F)cnc12)[C@H](C)O.CCCC[C@@H](Nc1nc(N)nc2cccnc12)C(O)CF.CCCC[C@@H](Nc1nc(N)nc2cccnc12)[C@@H](O)C(F)(F)F.CCCC[C@@H](Nc1nc(N)nc2cccnc12)[C@H](C)O. The first kappa shape index (κ1) is 67.6. The lowest BCUT2D eigenvalue weighted by atomic mass is 10.0. The van der Waals surface area contributed by atoms with Crippen molar-refractivity contribution in [3.05, 3.63) is 73.1 Å². The average Bonchev–Trinajstić information content (AvgIpc) is 3.41. The van der Waals surface area contributed by atoms with Crippen molar-refractivity contribution in [2.24, 2.45) is 0 Å². The highest BCUT2D eigenvalue weighted by Crippen LogP contribution is 2.29. The van der Waals surface area contributed by atoms with E-state index in [9.17, 15) is 42.4 Å². The molecule has 8 rings (SSSR count). The minimum atomic E-state index is -4.73. The fourth-order valence-corrected chi connectivity index (χ4v) is 8.64. The molecular weight excluding hydrogens is 1110 g/mol. The van der Waals surface area contributed by atoms with Crippen molar-refractivity contribution in [3.63, 3.8) is 0 Å². The Balaban J connectivity index is 0.000000207. The van der Waals surface area contributed by atoms with E-state index in [-0.39, 0.29) is 48.1 Å². The molecule has 29 heteroatoms. The fourth-order valence-electron chi connectivity index (χ4n) is 8.64. The molecule has 16 N–H and O–H groups in total. The summed E-state index contributed by atoms with van der Waals surface area (Å²) in [5.41, 5.74) is 26.7. The van der Waals surface area contributed by atoms with E-state index >= 15 is 0 Å². The molecule has 0 radical (unpaired) electrons. The van der Waals surface area contributed by atoms with E-state index in [4.69, 9.17) is 22.9 Å². The zero-order chi connectivity index (χ0) is 62.2. The molecule has 0 saturated carbocycles. The maximum absolute atomic E-state index is 13.2. The monoisotopic (exact) mass is 1190 g/mol. The van der Waals surface area contributed by atoms with Gasteiger partial charge in [-0.2, -0.15) is 33.1 Å². The van der Waals surface area contributed by atoms with Gasteiger partial charge in [-0.25, -0.2) is 33.7 Å². The second-order valence-corrected chi connectivity index (χ2v) is 20.1. The summed E-state index contributed by atoms with van der Waals surface area (Å²) in [7, 11) is 0. The number of halogens is 5. The molecule has 0 fully saturated rings. The Morgan fingerprint density at radius 2 is 0.788 bits per heavy atom. The van der Waals surface area contributed by atoms with Crippen molar-refractivity contribution in [1.29, 1.82) is 0 Å². The van der Waals surface area contributed by atoms with Gasteiger partial charge in [-0.15, -0.1) is 0 Å². The first-order valence-electron chi connectivity index (χ1n) is 28.2. The first-order valence-corrected chi connectivity index (χ1v) is 28.2. The molecule has 85 heavy (non-hydrogen) atoms. The lowest BCUT2D eigenvalue weighted by molar-refractivity contribution is -0.208. The summed E-state index contributed by atoms with van der Waals surface area (Å²) in [4.78, 5) is 49.2. The van der Waals surface area contributed by atoms with Gasteiger partial charge in [0.05, 0.1) is 64.6 Å². The Morgan fingerprint density at radius 1 is 0.471 bits per heavy atom. The van der Waals surface area contributed by atoms with Gasteiger partial charge in [0, 0.05) is 24.7 Å². The van der Waals surface area contributed by atoms with E-state index in [2.05, 4.69) is 94.9 Å². The number of aliphatic hydroxyl groups is 4. The topological polar surface area (TPSA) is 388 Å². The van der Waals surface area contributed by atoms with E-state index in [0.29, 0.717) is 80.8 Å². The predicted octanol–water partition coefficient (Wildman–Crippen LogP) is 8.47. The van der Waals surface area contributed by atoms with Gasteiger partial charge in [0.1, 0.15) is 40.7 Å². The Labute approximate surface area is 489 Å². The van der Waals surface area contributed by atoms with Crippen LogP contribution in [0.4, 0.5) is 69.0 Å². The second kappa shape index (κ2) is 33.4. The molecule has 0 saturated heterocycles. The van der Waals surface area contributed by atoms with Crippen LogP contribution in [0.2, 0.25) is 0 Å². The molecule has 8 atom stereocenters. The minimum absolute atomic E-state index is 0.0391. The highest BCUT2D eigenvalue weighted by molar-refractivity contribution is 5.88. The summed E-state index contributed by atoms with van der Waals surface area (Å²) in [5.74, 6) is 1.29. The molecular formula is C56H79F5N20O4. The number of nitrogens with one attached hydrogen (secondary N) is 4. The van der Waals surface area contributed by atoms with E-state index in [1.165, 1.54) is 12.3 Å². The number of pyridine rings is 4. The predicted molar refractivity (Wildman–Crippen MR) is 322 cm³/mol. The van der Waals surface area contributed by atoms with Gasteiger partial charge >= 0.3 is 6.18 Å². The van der Waals surface area contributed by atoms with Crippen molar-refractivity contribution < 1.29 is 42.4 Å². The van der Waals surface area contributed by atoms with Gasteiger partial charge in [-0.3, -0.25) is 15.0 Å². The number of nitrogens with zero attached hydrogens (tertiary/aromatic N) is 12. The Morgan fingerprint density at radius 3 is 1.13 bits per heavy atom. The Hall–Kier alpha value is -8.15. The summed E-state index contributed by atoms with van der Waals surface area (Å²) in [5, 5.41) is 51.3. The number of alkyl halides is 4. The largest absolute Gasteiger partial charge is 0.416 e. The number of aromatic nitrogens is 12. The molecule has 0 aliphatic rings. The summed E-state index contributed by atoms with van der Waals surface area (Å²) < 4.78 is 64.6. The van der Waals surface area contributed by atoms with Crippen LogP contribution in [0.1, 0.15) is 119 Å². The molecule has 8 aromatic rings. The smallest absolute Gasteiger partial charge is 0.391 e. The van der Waals surface area contributed by atoms with Crippen LogP contribution in [-0.4, -0.2) is 142 Å². The average molecular weight is 1190 g/mol. The molecule has 0 spiro atoms. The van der Waals surface area contributed by atoms with Gasteiger partial charge in [0.25, 0.3) is 0 Å². The van der Waals surface area contributed by atoms with Crippen molar-refractivity contribution in [3.8, 4) is 0 Å². The number of fused-ring (bicyclic) bond motifs is 4. The number of hydrogen-bond acceptors (Lipinski definition) is 24. The molecule has 8 aromatic heterocycles. The van der Waals surface area contributed by atoms with Gasteiger partial charge in [-0.05, 0) is 75.9 Å². The van der Waals surface area contributed by atoms with Gasteiger partial charge in [-0.1, -0.05) is 79.1 Å². The van der Waals surface area contributed by atoms with Crippen LogP contribution < -0.4 is 44.2 Å². The van der Waals surface area contributed by atoms with Crippen LogP contribution in [0.15, 0.2) is 67.3 Å². The molecule has 0 bridgehead atoms. The Kier molecular flexibility index (Phi) is 26.6. The highest BCUT2D eigenvalue weighted by Gasteiger charge is 2.43. The number of nitrogen functional groups attached to an aromatic ring is 4. The first-order chi connectivity index (χ1) is 40.6. The molecule has 24 nitrogen and oxygen atoms in total. The molecule has 462 valence electrons. The van der Waals surface area contributed by atoms with Crippen LogP contribution in [0.25, 0.3) is 44.1 Å². The number of aliphatic hydroxyl groups excluding tert-OH is 4. The standard InChI is InChI=1S/C14H18F3N5O.2C14H20FN5O.C14H21N5O/c1-2-3-5-9(11(23)14(15,16)17)20-12-10-8(6-4-7-19-10)21-13(18)22-12;1-3-4-5-10(8(2)21)18-13-12-11(19-14(16)20-13)6-9(15)7-17-12;1-2-3-5-9(11(21)8-15)18-13-12-10(6-4-7-17-12)19-14(16)20-13;1-3-4-6-10(9(2)20)17-13-12-11(7-5-8-16-12)18-14(15)19-13/h4,6-7,9,11,23H,2-3,5H2,1H3,(H3,18,20,21,22);6-8,10,21H,3-5H2,1-2H3,(H3,16,18,19,20);4,6-7,9,11,21H,2-3,5,8H2,1H3,(H3,16,18,19,20);5,7-10,20H,3-4,6H2,1-2H3,(H3,15,17,18,19)/t9-,11-;8-,10+;9-,11?;9-,10+/m1010/s1. The van der Waals surface area contributed by atoms with Gasteiger partial charge in [0.15, 0.2) is 29.4 Å². The normalized spacial score (nSPS) is 14.2. The number of nitrogens with two attached hydrogens (primary N) is 4. The summed E-state index contributed by atoms with van der Waals surface area (Å²) in [6, 6.07) is 9.78. The molecule has 1 unspecified atom stereocenters. The highest BCUT2D eigenvalue weighted by atomic mass is 19.4. The van der Waals surface area contributed by atoms with Crippen molar-refractivity contribution in [2.45, 2.75) is 173 Å². The lowest BCUT2D eigenvalue weighted by Crippen LogP contribution is -2.44. The van der Waals surface area contributed by atoms with Gasteiger partial charge < -0.3 is 64.6 Å². The van der Waals surface area contributed by atoms with E-state index in [0.717, 1.165) is 57.6 Å². The lowest BCUT2D eigenvalue weighted by Gasteiger charge is -2.26. The van der Waals surface area contributed by atoms with E-state index in [1.807, 2.05) is 26.0 Å². The van der Waals surface area contributed by atoms with Crippen LogP contribution in [0, 0.1) is 5.82 Å². The zero-order valence-corrected chi connectivity index (χ0v) is 48.5. The van der Waals surface area contributed by atoms with E-state index < -0.39 is 55.2 Å². The molecule has 0 aliphatic heterocycles. The maximum Gasteiger partial charge on any atom is 0.416 e. The van der Waals surface area contributed by atoms with Crippen LogP contribution in [0.3, 0.4) is 0 Å². The zero-order valence-electron chi connectivity index (χ0n) is 48.5. The van der Waals surface area contributed by atoms with Crippen LogP contribution >= 0.6 is 0 Å².